The summed E-state index contributed by atoms with van der Waals surface area (Å²) in [5, 5.41) is 11.9. The van der Waals surface area contributed by atoms with Crippen molar-refractivity contribution in [2.24, 2.45) is 0 Å². The summed E-state index contributed by atoms with van der Waals surface area (Å²) in [6.07, 6.45) is 2.05. The molecule has 0 saturated heterocycles. The first-order valence-electron chi connectivity index (χ1n) is 5.40. The van der Waals surface area contributed by atoms with Crippen molar-refractivity contribution in [3.05, 3.63) is 29.8 Å². The highest BCUT2D eigenvalue weighted by Crippen LogP contribution is 2.34. The average Bonchev–Trinajstić information content (AvgIpc) is 2.98. The van der Waals surface area contributed by atoms with Crippen molar-refractivity contribution in [1.82, 2.24) is 5.32 Å². The Bertz CT molecular complexity index is 400. The SMILES string of the molecule is Nc1cccc(CC(=O)NC2(CO)CC2)c1. The number of rotatable bonds is 4. The number of carbonyl (C=O) groups is 1. The topological polar surface area (TPSA) is 75.4 Å². The zero-order valence-corrected chi connectivity index (χ0v) is 9.07. The van der Waals surface area contributed by atoms with E-state index in [4.69, 9.17) is 10.8 Å². The van der Waals surface area contributed by atoms with Crippen LogP contribution in [0.1, 0.15) is 18.4 Å². The third-order valence-corrected chi connectivity index (χ3v) is 2.88. The molecule has 0 atom stereocenters. The molecule has 0 radical (unpaired) electrons. The summed E-state index contributed by atoms with van der Waals surface area (Å²) >= 11 is 0. The summed E-state index contributed by atoms with van der Waals surface area (Å²) < 4.78 is 0. The third kappa shape index (κ3) is 2.52. The zero-order valence-electron chi connectivity index (χ0n) is 9.07. The third-order valence-electron chi connectivity index (χ3n) is 2.88. The summed E-state index contributed by atoms with van der Waals surface area (Å²) in [7, 11) is 0. The van der Waals surface area contributed by atoms with E-state index in [0.29, 0.717) is 12.1 Å². The van der Waals surface area contributed by atoms with Gasteiger partial charge in [0.2, 0.25) is 5.91 Å². The van der Waals surface area contributed by atoms with E-state index in [9.17, 15) is 4.79 Å². The largest absolute Gasteiger partial charge is 0.399 e. The van der Waals surface area contributed by atoms with Crippen LogP contribution in [0.25, 0.3) is 0 Å². The van der Waals surface area contributed by atoms with Crippen molar-refractivity contribution in [2.75, 3.05) is 12.3 Å². The molecule has 4 heteroatoms. The standard InChI is InChI=1S/C12H16N2O2/c13-10-3-1-2-9(6-10)7-11(16)14-12(8-15)4-5-12/h1-3,6,15H,4-5,7-8,13H2,(H,14,16). The van der Waals surface area contributed by atoms with Gasteiger partial charge in [-0.25, -0.2) is 0 Å². The lowest BCUT2D eigenvalue weighted by atomic mass is 10.1. The Kier molecular flexibility index (Phi) is 2.83. The van der Waals surface area contributed by atoms with E-state index < -0.39 is 0 Å². The molecule has 0 heterocycles. The first-order chi connectivity index (χ1) is 7.63. The fraction of sp³-hybridized carbons (Fsp3) is 0.417. The maximum absolute atomic E-state index is 11.7. The van der Waals surface area contributed by atoms with Gasteiger partial charge in [-0.05, 0) is 30.5 Å². The van der Waals surface area contributed by atoms with Gasteiger partial charge in [-0.3, -0.25) is 4.79 Å². The van der Waals surface area contributed by atoms with Gasteiger partial charge in [-0.15, -0.1) is 0 Å². The molecule has 0 bridgehead atoms. The van der Waals surface area contributed by atoms with Crippen molar-refractivity contribution in [2.45, 2.75) is 24.8 Å². The molecule has 2 rings (SSSR count). The van der Waals surface area contributed by atoms with E-state index in [-0.39, 0.29) is 18.1 Å². The molecule has 1 saturated carbocycles. The van der Waals surface area contributed by atoms with E-state index in [1.54, 1.807) is 12.1 Å². The van der Waals surface area contributed by atoms with Crippen LogP contribution in [-0.4, -0.2) is 23.2 Å². The molecule has 4 nitrogen and oxygen atoms in total. The molecule has 1 amide bonds. The second kappa shape index (κ2) is 4.14. The summed E-state index contributed by atoms with van der Waals surface area (Å²) in [6.45, 7) is 0.0235. The highest BCUT2D eigenvalue weighted by Gasteiger charge is 2.43. The Morgan fingerprint density at radius 1 is 1.50 bits per heavy atom. The number of aliphatic hydroxyl groups is 1. The minimum absolute atomic E-state index is 0.0235. The fourth-order valence-corrected chi connectivity index (χ4v) is 1.70. The van der Waals surface area contributed by atoms with Crippen LogP contribution in [0.3, 0.4) is 0 Å². The Labute approximate surface area is 94.5 Å². The molecule has 1 aromatic carbocycles. The lowest BCUT2D eigenvalue weighted by Crippen LogP contribution is -2.40. The minimum atomic E-state index is -0.336. The monoisotopic (exact) mass is 220 g/mol. The Hall–Kier alpha value is -1.55. The molecule has 1 aliphatic rings. The van der Waals surface area contributed by atoms with Gasteiger partial charge in [0.05, 0.1) is 18.6 Å². The van der Waals surface area contributed by atoms with Crippen LogP contribution in [-0.2, 0) is 11.2 Å². The highest BCUT2D eigenvalue weighted by atomic mass is 16.3. The number of nitrogens with one attached hydrogen (secondary N) is 1. The first kappa shape index (κ1) is 11.0. The molecule has 0 spiro atoms. The van der Waals surface area contributed by atoms with Gasteiger partial charge in [0.25, 0.3) is 0 Å². The molecule has 0 aliphatic heterocycles. The predicted molar refractivity (Wildman–Crippen MR) is 61.8 cm³/mol. The van der Waals surface area contributed by atoms with Crippen LogP contribution in [0, 0.1) is 0 Å². The number of amides is 1. The Morgan fingerprint density at radius 3 is 2.81 bits per heavy atom. The second-order valence-corrected chi connectivity index (χ2v) is 4.41. The summed E-state index contributed by atoms with van der Waals surface area (Å²) in [5.74, 6) is -0.0582. The zero-order chi connectivity index (χ0) is 11.6. The molecule has 0 aromatic heterocycles. The molecular weight excluding hydrogens is 204 g/mol. The summed E-state index contributed by atoms with van der Waals surface area (Å²) in [4.78, 5) is 11.7. The van der Waals surface area contributed by atoms with Crippen LogP contribution in [0.4, 0.5) is 5.69 Å². The fourth-order valence-electron chi connectivity index (χ4n) is 1.70. The number of hydrogen-bond donors (Lipinski definition) is 3. The van der Waals surface area contributed by atoms with Gasteiger partial charge in [-0.1, -0.05) is 12.1 Å². The first-order valence-corrected chi connectivity index (χ1v) is 5.40. The van der Waals surface area contributed by atoms with Crippen molar-refractivity contribution >= 4 is 11.6 Å². The number of anilines is 1. The number of nitrogens with two attached hydrogens (primary N) is 1. The van der Waals surface area contributed by atoms with E-state index >= 15 is 0 Å². The molecule has 1 aliphatic carbocycles. The quantitative estimate of drug-likeness (QED) is 0.645. The second-order valence-electron chi connectivity index (χ2n) is 4.41. The summed E-state index contributed by atoms with van der Waals surface area (Å²) in [6, 6.07) is 7.28. The number of aliphatic hydroxyl groups excluding tert-OH is 1. The maximum atomic E-state index is 11.7. The van der Waals surface area contributed by atoms with Crippen LogP contribution < -0.4 is 11.1 Å². The van der Waals surface area contributed by atoms with Crippen LogP contribution in [0.2, 0.25) is 0 Å². The summed E-state index contributed by atoms with van der Waals surface area (Å²) in [5.41, 5.74) is 6.85. The molecule has 1 aromatic rings. The smallest absolute Gasteiger partial charge is 0.224 e. The maximum Gasteiger partial charge on any atom is 0.224 e. The average molecular weight is 220 g/mol. The highest BCUT2D eigenvalue weighted by molar-refractivity contribution is 5.80. The van der Waals surface area contributed by atoms with Crippen molar-refractivity contribution in [3.63, 3.8) is 0 Å². The van der Waals surface area contributed by atoms with E-state index in [1.165, 1.54) is 0 Å². The van der Waals surface area contributed by atoms with Gasteiger partial charge >= 0.3 is 0 Å². The lowest BCUT2D eigenvalue weighted by molar-refractivity contribution is -0.121. The van der Waals surface area contributed by atoms with Crippen LogP contribution >= 0.6 is 0 Å². The van der Waals surface area contributed by atoms with E-state index in [2.05, 4.69) is 5.32 Å². The van der Waals surface area contributed by atoms with Crippen LogP contribution in [0.5, 0.6) is 0 Å². The Morgan fingerprint density at radius 2 is 2.25 bits per heavy atom. The van der Waals surface area contributed by atoms with Crippen LogP contribution in [0.15, 0.2) is 24.3 Å². The molecule has 4 N–H and O–H groups in total. The number of hydrogen-bond acceptors (Lipinski definition) is 3. The van der Waals surface area contributed by atoms with E-state index in [0.717, 1.165) is 18.4 Å². The van der Waals surface area contributed by atoms with Crippen molar-refractivity contribution in [1.29, 1.82) is 0 Å². The Balaban J connectivity index is 1.92. The van der Waals surface area contributed by atoms with Crippen molar-refractivity contribution < 1.29 is 9.90 Å². The number of carbonyl (C=O) groups excluding carboxylic acids is 1. The van der Waals surface area contributed by atoms with Gasteiger partial charge in [-0.2, -0.15) is 0 Å². The van der Waals surface area contributed by atoms with Gasteiger partial charge in [0.15, 0.2) is 0 Å². The van der Waals surface area contributed by atoms with Gasteiger partial charge in [0, 0.05) is 5.69 Å². The van der Waals surface area contributed by atoms with Gasteiger partial charge in [0.1, 0.15) is 0 Å². The molecular formula is C12H16N2O2. The van der Waals surface area contributed by atoms with E-state index in [1.807, 2.05) is 12.1 Å². The van der Waals surface area contributed by atoms with Crippen molar-refractivity contribution in [3.8, 4) is 0 Å². The van der Waals surface area contributed by atoms with Gasteiger partial charge < -0.3 is 16.2 Å². The molecule has 86 valence electrons. The number of nitrogen functional groups attached to an aromatic ring is 1. The minimum Gasteiger partial charge on any atom is -0.399 e. The normalized spacial score (nSPS) is 16.8. The number of benzene rings is 1. The molecule has 1 fully saturated rings. The molecule has 0 unspecified atom stereocenters. The predicted octanol–water partition coefficient (Wildman–Crippen LogP) is 0.452. The lowest BCUT2D eigenvalue weighted by Gasteiger charge is -2.14. The molecule has 16 heavy (non-hydrogen) atoms.